The van der Waals surface area contributed by atoms with Crippen LogP contribution in [0.3, 0.4) is 0 Å². The molecule has 2 rings (SSSR count). The first-order valence-corrected chi connectivity index (χ1v) is 6.33. The maximum Gasteiger partial charge on any atom is 0.103 e. The Kier molecular flexibility index (Phi) is 4.43. The fraction of sp³-hybridized carbons (Fsp3) is 0.692. The first-order valence-electron chi connectivity index (χ1n) is 6.33. The highest BCUT2D eigenvalue weighted by Crippen LogP contribution is 2.11. The second-order valence-corrected chi connectivity index (χ2v) is 4.61. The van der Waals surface area contributed by atoms with Crippen molar-refractivity contribution < 1.29 is 4.42 Å². The summed E-state index contributed by atoms with van der Waals surface area (Å²) < 4.78 is 5.34. The van der Waals surface area contributed by atoms with E-state index in [2.05, 4.69) is 23.2 Å². The Morgan fingerprint density at radius 3 is 2.94 bits per heavy atom. The molecule has 1 aromatic rings. The van der Waals surface area contributed by atoms with E-state index in [0.29, 0.717) is 6.04 Å². The van der Waals surface area contributed by atoms with E-state index in [1.807, 2.05) is 6.07 Å². The van der Waals surface area contributed by atoms with Gasteiger partial charge in [-0.25, -0.2) is 0 Å². The zero-order valence-electron chi connectivity index (χ0n) is 10.1. The third-order valence-electron chi connectivity index (χ3n) is 3.40. The van der Waals surface area contributed by atoms with Gasteiger partial charge in [-0.15, -0.1) is 0 Å². The molecule has 16 heavy (non-hydrogen) atoms. The lowest BCUT2D eigenvalue weighted by Crippen LogP contribution is -2.47. The van der Waals surface area contributed by atoms with E-state index in [9.17, 15) is 0 Å². The minimum atomic E-state index is 0.706. The van der Waals surface area contributed by atoms with Crippen LogP contribution < -0.4 is 5.32 Å². The molecule has 0 spiro atoms. The van der Waals surface area contributed by atoms with Crippen LogP contribution >= 0.6 is 0 Å². The zero-order valence-corrected chi connectivity index (χ0v) is 10.1. The van der Waals surface area contributed by atoms with Crippen LogP contribution in [-0.2, 0) is 6.42 Å². The van der Waals surface area contributed by atoms with E-state index in [0.717, 1.165) is 25.3 Å². The predicted octanol–water partition coefficient (Wildman–Crippen LogP) is 1.90. The molecule has 1 aliphatic heterocycles. The molecular formula is C13H22N2O. The van der Waals surface area contributed by atoms with Crippen molar-refractivity contribution in [3.63, 3.8) is 0 Å². The Morgan fingerprint density at radius 2 is 2.25 bits per heavy atom. The summed E-state index contributed by atoms with van der Waals surface area (Å²) in [6, 6.07) is 4.74. The van der Waals surface area contributed by atoms with Gasteiger partial charge < -0.3 is 9.73 Å². The summed E-state index contributed by atoms with van der Waals surface area (Å²) in [6.07, 6.45) is 5.32. The van der Waals surface area contributed by atoms with Gasteiger partial charge in [0.2, 0.25) is 0 Å². The van der Waals surface area contributed by atoms with Crippen LogP contribution in [0.5, 0.6) is 0 Å². The molecule has 1 saturated heterocycles. The minimum absolute atomic E-state index is 0.706. The molecule has 1 N–H and O–H groups in total. The lowest BCUT2D eigenvalue weighted by Gasteiger charge is -2.32. The Bertz CT molecular complexity index is 278. The predicted molar refractivity (Wildman–Crippen MR) is 65.6 cm³/mol. The van der Waals surface area contributed by atoms with Crippen molar-refractivity contribution in [2.45, 2.75) is 32.2 Å². The molecule has 3 nitrogen and oxygen atoms in total. The fourth-order valence-electron chi connectivity index (χ4n) is 2.33. The Morgan fingerprint density at radius 1 is 1.44 bits per heavy atom. The van der Waals surface area contributed by atoms with E-state index in [-0.39, 0.29) is 0 Å². The SMILES string of the molecule is CC(CCCc1ccco1)N1CCNCC1. The molecule has 90 valence electrons. The third kappa shape index (κ3) is 3.35. The molecule has 1 aliphatic rings. The standard InChI is InChI=1S/C13H22N2O/c1-12(15-9-7-14-8-10-15)4-2-5-13-6-3-11-16-13/h3,6,11-12,14H,2,4-5,7-10H2,1H3. The van der Waals surface area contributed by atoms with Crippen molar-refractivity contribution in [3.8, 4) is 0 Å². The summed E-state index contributed by atoms with van der Waals surface area (Å²) in [7, 11) is 0. The van der Waals surface area contributed by atoms with E-state index < -0.39 is 0 Å². The van der Waals surface area contributed by atoms with Crippen LogP contribution in [0.4, 0.5) is 0 Å². The van der Waals surface area contributed by atoms with Gasteiger partial charge in [0.05, 0.1) is 6.26 Å². The topological polar surface area (TPSA) is 28.4 Å². The highest BCUT2D eigenvalue weighted by atomic mass is 16.3. The second kappa shape index (κ2) is 6.06. The zero-order chi connectivity index (χ0) is 11.2. The van der Waals surface area contributed by atoms with Crippen LogP contribution in [0.15, 0.2) is 22.8 Å². The number of furan rings is 1. The number of piperazine rings is 1. The van der Waals surface area contributed by atoms with Gasteiger partial charge in [0.15, 0.2) is 0 Å². The molecular weight excluding hydrogens is 200 g/mol. The van der Waals surface area contributed by atoms with Gasteiger partial charge >= 0.3 is 0 Å². The summed E-state index contributed by atoms with van der Waals surface area (Å²) in [6.45, 7) is 7.02. The first-order chi connectivity index (χ1) is 7.86. The van der Waals surface area contributed by atoms with Gasteiger partial charge in [0.1, 0.15) is 5.76 Å². The van der Waals surface area contributed by atoms with Crippen molar-refractivity contribution >= 4 is 0 Å². The summed E-state index contributed by atoms with van der Waals surface area (Å²) in [5, 5.41) is 3.39. The van der Waals surface area contributed by atoms with Crippen LogP contribution in [0, 0.1) is 0 Å². The molecule has 0 aromatic carbocycles. The van der Waals surface area contributed by atoms with Crippen molar-refractivity contribution in [2.75, 3.05) is 26.2 Å². The van der Waals surface area contributed by atoms with Gasteiger partial charge in [-0.1, -0.05) is 0 Å². The van der Waals surface area contributed by atoms with Crippen molar-refractivity contribution in [2.24, 2.45) is 0 Å². The van der Waals surface area contributed by atoms with Crippen LogP contribution in [0.1, 0.15) is 25.5 Å². The number of hydrogen-bond acceptors (Lipinski definition) is 3. The molecule has 0 saturated carbocycles. The molecule has 0 aliphatic carbocycles. The molecule has 1 fully saturated rings. The molecule has 3 heteroatoms. The van der Waals surface area contributed by atoms with Crippen LogP contribution in [0.2, 0.25) is 0 Å². The normalized spacial score (nSPS) is 19.8. The molecule has 2 heterocycles. The Hall–Kier alpha value is -0.800. The highest BCUT2D eigenvalue weighted by molar-refractivity contribution is 4.97. The van der Waals surface area contributed by atoms with E-state index >= 15 is 0 Å². The number of nitrogens with zero attached hydrogens (tertiary/aromatic N) is 1. The maximum absolute atomic E-state index is 5.34. The number of hydrogen-bond donors (Lipinski definition) is 1. The molecule has 0 bridgehead atoms. The minimum Gasteiger partial charge on any atom is -0.469 e. The second-order valence-electron chi connectivity index (χ2n) is 4.61. The van der Waals surface area contributed by atoms with E-state index in [4.69, 9.17) is 4.42 Å². The Balaban J connectivity index is 1.65. The van der Waals surface area contributed by atoms with E-state index in [1.165, 1.54) is 25.9 Å². The van der Waals surface area contributed by atoms with E-state index in [1.54, 1.807) is 6.26 Å². The number of rotatable bonds is 5. The smallest absolute Gasteiger partial charge is 0.103 e. The van der Waals surface area contributed by atoms with Crippen molar-refractivity contribution in [1.82, 2.24) is 10.2 Å². The van der Waals surface area contributed by atoms with Crippen LogP contribution in [-0.4, -0.2) is 37.1 Å². The molecule has 1 atom stereocenters. The number of aryl methyl sites for hydroxylation is 1. The quantitative estimate of drug-likeness (QED) is 0.824. The van der Waals surface area contributed by atoms with Gasteiger partial charge in [-0.3, -0.25) is 4.90 Å². The van der Waals surface area contributed by atoms with Gasteiger partial charge in [-0.05, 0) is 31.9 Å². The molecule has 0 radical (unpaired) electrons. The lowest BCUT2D eigenvalue weighted by molar-refractivity contribution is 0.174. The molecule has 0 amide bonds. The summed E-state index contributed by atoms with van der Waals surface area (Å²) in [5.74, 6) is 1.12. The third-order valence-corrected chi connectivity index (χ3v) is 3.40. The van der Waals surface area contributed by atoms with Crippen molar-refractivity contribution in [3.05, 3.63) is 24.2 Å². The molecule has 1 aromatic heterocycles. The highest BCUT2D eigenvalue weighted by Gasteiger charge is 2.15. The van der Waals surface area contributed by atoms with Crippen molar-refractivity contribution in [1.29, 1.82) is 0 Å². The fourth-order valence-corrected chi connectivity index (χ4v) is 2.33. The lowest BCUT2D eigenvalue weighted by atomic mass is 10.1. The van der Waals surface area contributed by atoms with Gasteiger partial charge in [-0.2, -0.15) is 0 Å². The largest absolute Gasteiger partial charge is 0.469 e. The first kappa shape index (κ1) is 11.7. The monoisotopic (exact) mass is 222 g/mol. The summed E-state index contributed by atoms with van der Waals surface area (Å²) in [5.41, 5.74) is 0. The van der Waals surface area contributed by atoms with Gasteiger partial charge in [0, 0.05) is 38.6 Å². The maximum atomic E-state index is 5.34. The molecule has 1 unspecified atom stereocenters. The number of nitrogens with one attached hydrogen (secondary N) is 1. The summed E-state index contributed by atoms with van der Waals surface area (Å²) in [4.78, 5) is 2.58. The Labute approximate surface area is 97.8 Å². The van der Waals surface area contributed by atoms with Gasteiger partial charge in [0.25, 0.3) is 0 Å². The average molecular weight is 222 g/mol. The average Bonchev–Trinajstić information content (AvgIpc) is 2.83. The van der Waals surface area contributed by atoms with Crippen LogP contribution in [0.25, 0.3) is 0 Å². The summed E-state index contributed by atoms with van der Waals surface area (Å²) >= 11 is 0.